The van der Waals surface area contributed by atoms with E-state index in [0.29, 0.717) is 11.1 Å². The predicted molar refractivity (Wildman–Crippen MR) is 95.0 cm³/mol. The fourth-order valence-corrected chi connectivity index (χ4v) is 2.57. The molecule has 2 aromatic carbocycles. The molecule has 0 fully saturated rings. The van der Waals surface area contributed by atoms with Gasteiger partial charge in [-0.15, -0.1) is 0 Å². The van der Waals surface area contributed by atoms with Crippen LogP contribution in [0, 0.1) is 6.92 Å². The summed E-state index contributed by atoms with van der Waals surface area (Å²) >= 11 is 0. The van der Waals surface area contributed by atoms with Gasteiger partial charge in [-0.3, -0.25) is 4.79 Å². The quantitative estimate of drug-likeness (QED) is 0.681. The Morgan fingerprint density at radius 3 is 2.73 bits per heavy atom. The first-order valence-corrected chi connectivity index (χ1v) is 8.15. The lowest BCUT2D eigenvalue weighted by Crippen LogP contribution is -2.32. The second-order valence-electron chi connectivity index (χ2n) is 5.80. The van der Waals surface area contributed by atoms with Crippen molar-refractivity contribution >= 4 is 28.5 Å². The van der Waals surface area contributed by atoms with E-state index in [1.54, 1.807) is 38.1 Å². The number of hydrogen-bond donors (Lipinski definition) is 2. The Morgan fingerprint density at radius 1 is 1.27 bits per heavy atom. The summed E-state index contributed by atoms with van der Waals surface area (Å²) in [6.45, 7) is 3.41. The first-order valence-electron chi connectivity index (χ1n) is 8.15. The van der Waals surface area contributed by atoms with Crippen LogP contribution in [0.2, 0.25) is 0 Å². The zero-order valence-corrected chi connectivity index (χ0v) is 14.4. The molecule has 0 aliphatic heterocycles. The molecule has 1 heterocycles. The summed E-state index contributed by atoms with van der Waals surface area (Å²) in [6.07, 6.45) is -0.756. The second-order valence-corrected chi connectivity index (χ2v) is 5.80. The number of nitrogens with one attached hydrogen (secondary N) is 1. The summed E-state index contributed by atoms with van der Waals surface area (Å²) < 4.78 is 10.2. The first-order chi connectivity index (χ1) is 12.5. The number of anilines is 1. The van der Waals surface area contributed by atoms with Crippen molar-refractivity contribution in [1.82, 2.24) is 5.16 Å². The minimum absolute atomic E-state index is 0.00669. The molecule has 0 spiro atoms. The minimum atomic E-state index is -1.02. The Balaban J connectivity index is 1.77. The van der Waals surface area contributed by atoms with Gasteiger partial charge in [0.2, 0.25) is 0 Å². The summed E-state index contributed by atoms with van der Waals surface area (Å²) in [5, 5.41) is 17.9. The average Bonchev–Trinajstić information content (AvgIpc) is 3.04. The number of amides is 1. The van der Waals surface area contributed by atoms with Crippen LogP contribution in [0.4, 0.5) is 5.82 Å². The van der Waals surface area contributed by atoms with Crippen molar-refractivity contribution in [2.45, 2.75) is 26.4 Å². The molecule has 0 aliphatic carbocycles. The maximum atomic E-state index is 12.4. The monoisotopic (exact) mass is 354 g/mol. The summed E-state index contributed by atoms with van der Waals surface area (Å²) in [7, 11) is 0. The molecule has 0 aliphatic rings. The van der Waals surface area contributed by atoms with Crippen molar-refractivity contribution in [1.29, 1.82) is 0 Å². The van der Waals surface area contributed by atoms with Crippen molar-refractivity contribution < 1.29 is 24.0 Å². The molecule has 7 heteroatoms. The SMILES string of the molecule is CCC(OC(=O)c1ccc2ccccc2c1O)C(=O)Nc1cc(C)on1. The van der Waals surface area contributed by atoms with Gasteiger partial charge in [0.15, 0.2) is 11.9 Å². The number of carbonyl (C=O) groups is 2. The van der Waals surface area contributed by atoms with Crippen LogP contribution in [0.5, 0.6) is 5.75 Å². The molecule has 0 saturated heterocycles. The standard InChI is InChI=1S/C19H18N2O5/c1-3-15(18(23)20-16-10-11(2)26-21-16)25-19(24)14-9-8-12-6-4-5-7-13(12)17(14)22/h4-10,15,22H,3H2,1-2H3,(H,20,21,23). The van der Waals surface area contributed by atoms with Gasteiger partial charge in [-0.1, -0.05) is 42.4 Å². The number of fused-ring (bicyclic) bond motifs is 1. The van der Waals surface area contributed by atoms with E-state index in [2.05, 4.69) is 10.5 Å². The number of ether oxygens (including phenoxy) is 1. The van der Waals surface area contributed by atoms with E-state index in [4.69, 9.17) is 9.26 Å². The lowest BCUT2D eigenvalue weighted by molar-refractivity contribution is -0.124. The topological polar surface area (TPSA) is 102 Å². The van der Waals surface area contributed by atoms with Gasteiger partial charge in [0.1, 0.15) is 17.1 Å². The number of hydrogen-bond acceptors (Lipinski definition) is 6. The molecule has 0 saturated carbocycles. The summed E-state index contributed by atoms with van der Waals surface area (Å²) in [5.74, 6) is -0.668. The third kappa shape index (κ3) is 3.51. The van der Waals surface area contributed by atoms with Crippen LogP contribution < -0.4 is 5.32 Å². The highest BCUT2D eigenvalue weighted by molar-refractivity contribution is 6.02. The molecular formula is C19H18N2O5. The Hall–Kier alpha value is -3.35. The van der Waals surface area contributed by atoms with E-state index in [1.807, 2.05) is 12.1 Å². The van der Waals surface area contributed by atoms with Crippen LogP contribution >= 0.6 is 0 Å². The molecule has 2 N–H and O–H groups in total. The molecule has 134 valence electrons. The van der Waals surface area contributed by atoms with Crippen molar-refractivity contribution in [3.05, 3.63) is 53.8 Å². The number of phenolic OH excluding ortho intramolecular Hbond substituents is 1. The molecule has 3 rings (SSSR count). The highest BCUT2D eigenvalue weighted by atomic mass is 16.5. The molecule has 0 radical (unpaired) electrons. The predicted octanol–water partition coefficient (Wildman–Crippen LogP) is 3.42. The molecule has 7 nitrogen and oxygen atoms in total. The highest BCUT2D eigenvalue weighted by Gasteiger charge is 2.25. The molecule has 1 atom stereocenters. The lowest BCUT2D eigenvalue weighted by Gasteiger charge is -2.16. The van der Waals surface area contributed by atoms with Crippen molar-refractivity contribution in [2.24, 2.45) is 0 Å². The Morgan fingerprint density at radius 2 is 2.04 bits per heavy atom. The lowest BCUT2D eigenvalue weighted by atomic mass is 10.1. The summed E-state index contributed by atoms with van der Waals surface area (Å²) in [6, 6.07) is 11.9. The maximum absolute atomic E-state index is 12.4. The molecular weight excluding hydrogens is 336 g/mol. The zero-order chi connectivity index (χ0) is 18.7. The van der Waals surface area contributed by atoms with Crippen LogP contribution in [0.1, 0.15) is 29.5 Å². The number of nitrogens with zero attached hydrogens (tertiary/aromatic N) is 1. The van der Waals surface area contributed by atoms with Crippen molar-refractivity contribution in [3.8, 4) is 5.75 Å². The van der Waals surface area contributed by atoms with Crippen molar-refractivity contribution in [2.75, 3.05) is 5.32 Å². The van der Waals surface area contributed by atoms with E-state index in [-0.39, 0.29) is 23.6 Å². The average molecular weight is 354 g/mol. The van der Waals surface area contributed by atoms with Crippen LogP contribution in [0.15, 0.2) is 47.0 Å². The molecule has 1 aromatic heterocycles. The van der Waals surface area contributed by atoms with Crippen LogP contribution in [-0.4, -0.2) is 28.2 Å². The van der Waals surface area contributed by atoms with Gasteiger partial charge in [0, 0.05) is 11.5 Å². The first kappa shape index (κ1) is 17.5. The van der Waals surface area contributed by atoms with E-state index >= 15 is 0 Å². The molecule has 0 bridgehead atoms. The normalized spacial score (nSPS) is 11.9. The molecule has 26 heavy (non-hydrogen) atoms. The van der Waals surface area contributed by atoms with Gasteiger partial charge < -0.3 is 19.7 Å². The van der Waals surface area contributed by atoms with Gasteiger partial charge >= 0.3 is 5.97 Å². The number of phenols is 1. The van der Waals surface area contributed by atoms with E-state index in [0.717, 1.165) is 5.39 Å². The van der Waals surface area contributed by atoms with Gasteiger partial charge in [-0.05, 0) is 24.8 Å². The van der Waals surface area contributed by atoms with Gasteiger partial charge in [0.25, 0.3) is 5.91 Å². The Kier molecular flexibility index (Phi) is 4.88. The van der Waals surface area contributed by atoms with Gasteiger partial charge in [-0.25, -0.2) is 4.79 Å². The number of carbonyl (C=O) groups excluding carboxylic acids is 2. The summed E-state index contributed by atoms with van der Waals surface area (Å²) in [5.41, 5.74) is 0.00669. The zero-order valence-electron chi connectivity index (χ0n) is 14.4. The van der Waals surface area contributed by atoms with Gasteiger partial charge in [-0.2, -0.15) is 0 Å². The smallest absolute Gasteiger partial charge is 0.342 e. The van der Waals surface area contributed by atoms with Crippen molar-refractivity contribution in [3.63, 3.8) is 0 Å². The van der Waals surface area contributed by atoms with E-state index in [9.17, 15) is 14.7 Å². The van der Waals surface area contributed by atoms with E-state index < -0.39 is 18.0 Å². The number of aromatic nitrogens is 1. The van der Waals surface area contributed by atoms with Crippen LogP contribution in [0.25, 0.3) is 10.8 Å². The summed E-state index contributed by atoms with van der Waals surface area (Å²) in [4.78, 5) is 24.7. The second kappa shape index (κ2) is 7.26. The van der Waals surface area contributed by atoms with Gasteiger partial charge in [0.05, 0.1) is 0 Å². The number of aryl methyl sites for hydroxylation is 1. The van der Waals surface area contributed by atoms with Crippen LogP contribution in [0.3, 0.4) is 0 Å². The molecule has 3 aromatic rings. The number of rotatable bonds is 5. The fraction of sp³-hybridized carbons (Fsp3) is 0.211. The Labute approximate surface area is 149 Å². The minimum Gasteiger partial charge on any atom is -0.506 e. The van der Waals surface area contributed by atoms with E-state index in [1.165, 1.54) is 6.07 Å². The third-order valence-corrected chi connectivity index (χ3v) is 3.91. The fourth-order valence-electron chi connectivity index (χ4n) is 2.57. The molecule has 1 unspecified atom stereocenters. The van der Waals surface area contributed by atoms with Crippen LogP contribution in [-0.2, 0) is 9.53 Å². The highest BCUT2D eigenvalue weighted by Crippen LogP contribution is 2.29. The molecule has 1 amide bonds. The number of esters is 1. The number of benzene rings is 2. The maximum Gasteiger partial charge on any atom is 0.342 e. The Bertz CT molecular complexity index is 963. The number of aromatic hydroxyl groups is 1. The third-order valence-electron chi connectivity index (χ3n) is 3.91. The largest absolute Gasteiger partial charge is 0.506 e.